The van der Waals surface area contributed by atoms with Crippen LogP contribution in [0.4, 0.5) is 22.0 Å². The molecule has 4 aromatic rings. The van der Waals surface area contributed by atoms with Crippen molar-refractivity contribution in [3.8, 4) is 16.9 Å². The Balaban J connectivity index is 1.84. The molecule has 0 saturated heterocycles. The van der Waals surface area contributed by atoms with Crippen molar-refractivity contribution in [2.45, 2.75) is 38.4 Å². The van der Waals surface area contributed by atoms with E-state index in [1.165, 1.54) is 43.3 Å². The first-order valence-electron chi connectivity index (χ1n) is 10.9. The topological polar surface area (TPSA) is 98.1 Å². The number of imidazole rings is 1. The number of nitrogens with zero attached hydrogens (tertiary/aromatic N) is 5. The minimum absolute atomic E-state index is 0.136. The van der Waals surface area contributed by atoms with E-state index in [9.17, 15) is 37.0 Å². The fourth-order valence-corrected chi connectivity index (χ4v) is 4.18. The summed E-state index contributed by atoms with van der Waals surface area (Å²) in [6.07, 6.45) is -9.21. The van der Waals surface area contributed by atoms with Crippen LogP contribution in [-0.4, -0.2) is 46.4 Å². The molecule has 4 rings (SSSR count). The van der Waals surface area contributed by atoms with Crippen molar-refractivity contribution in [3.63, 3.8) is 0 Å². The first-order valence-corrected chi connectivity index (χ1v) is 11.6. The smallest absolute Gasteiger partial charge is 0.385 e. The van der Waals surface area contributed by atoms with Crippen LogP contribution < -0.4 is 5.69 Å². The van der Waals surface area contributed by atoms with Gasteiger partial charge in [-0.25, -0.2) is 23.2 Å². The second-order valence-corrected chi connectivity index (χ2v) is 9.02. The summed E-state index contributed by atoms with van der Waals surface area (Å²) in [4.78, 5) is 17.3. The molecular formula is C23H18Cl2F5N5O3. The number of hydrogen-bond donors (Lipinski definition) is 2. The van der Waals surface area contributed by atoms with Gasteiger partial charge in [0.2, 0.25) is 0 Å². The van der Waals surface area contributed by atoms with Crippen molar-refractivity contribution in [1.82, 2.24) is 23.9 Å². The molecule has 2 aromatic heterocycles. The SMILES string of the molecule is C[C@H](O)c1nc(Cn2c(Cl)c(-c3ccc(Cl)cc3)n(CC(O)C(F)(F)F)c2=O)nn1-c1cccc(F)c1F. The number of halogens is 7. The first-order chi connectivity index (χ1) is 17.8. The van der Waals surface area contributed by atoms with Crippen LogP contribution in [0.25, 0.3) is 16.9 Å². The van der Waals surface area contributed by atoms with E-state index in [2.05, 4.69) is 10.1 Å². The van der Waals surface area contributed by atoms with E-state index in [0.717, 1.165) is 15.3 Å². The van der Waals surface area contributed by atoms with Gasteiger partial charge in [-0.3, -0.25) is 9.13 Å². The largest absolute Gasteiger partial charge is 0.416 e. The van der Waals surface area contributed by atoms with Gasteiger partial charge in [0.15, 0.2) is 29.4 Å². The van der Waals surface area contributed by atoms with Gasteiger partial charge in [-0.1, -0.05) is 41.4 Å². The van der Waals surface area contributed by atoms with Gasteiger partial charge in [0.1, 0.15) is 16.9 Å². The molecule has 0 aliphatic heterocycles. The lowest BCUT2D eigenvalue weighted by Crippen LogP contribution is -2.37. The van der Waals surface area contributed by atoms with E-state index >= 15 is 0 Å². The number of rotatable bonds is 7. The molecule has 15 heteroatoms. The summed E-state index contributed by atoms with van der Waals surface area (Å²) in [6.45, 7) is -0.381. The van der Waals surface area contributed by atoms with Crippen LogP contribution in [0.3, 0.4) is 0 Å². The Labute approximate surface area is 221 Å². The van der Waals surface area contributed by atoms with Crippen molar-refractivity contribution in [2.75, 3.05) is 0 Å². The molecule has 2 aromatic carbocycles. The van der Waals surface area contributed by atoms with Crippen LogP contribution in [0.5, 0.6) is 0 Å². The van der Waals surface area contributed by atoms with Crippen LogP contribution in [-0.2, 0) is 13.1 Å². The van der Waals surface area contributed by atoms with Crippen LogP contribution in [0, 0.1) is 11.6 Å². The summed E-state index contributed by atoms with van der Waals surface area (Å²) < 4.78 is 70.0. The summed E-state index contributed by atoms with van der Waals surface area (Å²) in [7, 11) is 0. The fourth-order valence-electron chi connectivity index (χ4n) is 3.71. The van der Waals surface area contributed by atoms with Crippen LogP contribution >= 0.6 is 23.2 Å². The highest BCUT2D eigenvalue weighted by Gasteiger charge is 2.39. The molecule has 2 heterocycles. The molecule has 0 amide bonds. The maximum absolute atomic E-state index is 14.4. The predicted molar refractivity (Wildman–Crippen MR) is 127 cm³/mol. The van der Waals surface area contributed by atoms with Crippen molar-refractivity contribution >= 4 is 23.2 Å². The molecule has 0 fully saturated rings. The Kier molecular flexibility index (Phi) is 7.66. The van der Waals surface area contributed by atoms with Crippen LogP contribution in [0.2, 0.25) is 10.2 Å². The fraction of sp³-hybridized carbons (Fsp3) is 0.261. The minimum Gasteiger partial charge on any atom is -0.385 e. The van der Waals surface area contributed by atoms with Crippen molar-refractivity contribution in [3.05, 3.63) is 86.4 Å². The van der Waals surface area contributed by atoms with E-state index in [0.29, 0.717) is 9.59 Å². The second kappa shape index (κ2) is 10.5. The average Bonchev–Trinajstić information content (AvgIpc) is 3.36. The summed E-state index contributed by atoms with van der Waals surface area (Å²) in [5, 5.41) is 23.9. The lowest BCUT2D eigenvalue weighted by Gasteiger charge is -2.16. The van der Waals surface area contributed by atoms with Gasteiger partial charge in [-0.05, 0) is 31.2 Å². The molecule has 0 aliphatic rings. The molecule has 0 spiro atoms. The average molecular weight is 578 g/mol. The molecule has 0 aliphatic carbocycles. The normalized spacial score (nSPS) is 13.6. The number of hydrogen-bond acceptors (Lipinski definition) is 5. The Bertz CT molecular complexity index is 1530. The molecule has 0 bridgehead atoms. The summed E-state index contributed by atoms with van der Waals surface area (Å²) in [6, 6.07) is 9.01. The summed E-state index contributed by atoms with van der Waals surface area (Å²) >= 11 is 12.3. The highest BCUT2D eigenvalue weighted by molar-refractivity contribution is 6.32. The van der Waals surface area contributed by atoms with Gasteiger partial charge in [-0.15, -0.1) is 5.10 Å². The number of aliphatic hydroxyl groups excluding tert-OH is 2. The number of aliphatic hydroxyl groups is 2. The molecule has 0 saturated carbocycles. The van der Waals surface area contributed by atoms with Crippen LogP contribution in [0.15, 0.2) is 47.3 Å². The molecule has 202 valence electrons. The van der Waals surface area contributed by atoms with E-state index in [1.54, 1.807) is 0 Å². The Morgan fingerprint density at radius 2 is 1.68 bits per heavy atom. The quantitative estimate of drug-likeness (QED) is 0.315. The predicted octanol–water partition coefficient (Wildman–Crippen LogP) is 4.51. The Morgan fingerprint density at radius 3 is 2.29 bits per heavy atom. The van der Waals surface area contributed by atoms with Gasteiger partial charge in [0.05, 0.1) is 18.8 Å². The molecule has 2 atom stereocenters. The monoisotopic (exact) mass is 577 g/mol. The third kappa shape index (κ3) is 5.32. The van der Waals surface area contributed by atoms with Crippen molar-refractivity contribution in [1.29, 1.82) is 0 Å². The van der Waals surface area contributed by atoms with Gasteiger partial charge >= 0.3 is 11.9 Å². The summed E-state index contributed by atoms with van der Waals surface area (Å²) in [5.74, 6) is -2.83. The minimum atomic E-state index is -5.02. The van der Waals surface area contributed by atoms with Gasteiger partial charge < -0.3 is 10.2 Å². The second-order valence-electron chi connectivity index (χ2n) is 8.23. The van der Waals surface area contributed by atoms with Crippen molar-refractivity contribution in [2.24, 2.45) is 0 Å². The third-order valence-electron chi connectivity index (χ3n) is 5.52. The van der Waals surface area contributed by atoms with E-state index < -0.39 is 48.8 Å². The Hall–Kier alpha value is -3.26. The zero-order chi connectivity index (χ0) is 27.9. The zero-order valence-corrected chi connectivity index (χ0v) is 20.8. The van der Waals surface area contributed by atoms with Crippen LogP contribution in [0.1, 0.15) is 24.7 Å². The van der Waals surface area contributed by atoms with E-state index in [1.807, 2.05) is 0 Å². The van der Waals surface area contributed by atoms with E-state index in [4.69, 9.17) is 23.2 Å². The summed E-state index contributed by atoms with van der Waals surface area (Å²) in [5.41, 5.74) is -1.31. The highest BCUT2D eigenvalue weighted by atomic mass is 35.5. The number of benzene rings is 2. The van der Waals surface area contributed by atoms with E-state index in [-0.39, 0.29) is 33.7 Å². The molecule has 2 N–H and O–H groups in total. The van der Waals surface area contributed by atoms with Gasteiger partial charge in [-0.2, -0.15) is 13.2 Å². The molecular weight excluding hydrogens is 560 g/mol. The maximum Gasteiger partial charge on any atom is 0.416 e. The highest BCUT2D eigenvalue weighted by Crippen LogP contribution is 2.31. The van der Waals surface area contributed by atoms with Gasteiger partial charge in [0.25, 0.3) is 0 Å². The Morgan fingerprint density at radius 1 is 1.03 bits per heavy atom. The standard InChI is InChI=1S/C23H18Cl2F5N5O3/c1-11(36)21-31-17(32-35(21)15-4-2-3-14(26)18(15)27)10-34-20(25)19(12-5-7-13(24)8-6-12)33(22(34)38)9-16(37)23(28,29)30/h2-8,11,16,36-37H,9-10H2,1H3/t11-,16?/m0/s1. The lowest BCUT2D eigenvalue weighted by atomic mass is 10.1. The first kappa shape index (κ1) is 27.8. The molecule has 8 nitrogen and oxygen atoms in total. The van der Waals surface area contributed by atoms with Gasteiger partial charge in [0, 0.05) is 10.6 Å². The molecule has 1 unspecified atom stereocenters. The molecule has 38 heavy (non-hydrogen) atoms. The number of aromatic nitrogens is 5. The lowest BCUT2D eigenvalue weighted by molar-refractivity contribution is -0.207. The number of alkyl halides is 3. The zero-order valence-electron chi connectivity index (χ0n) is 19.3. The molecule has 0 radical (unpaired) electrons. The maximum atomic E-state index is 14.4. The third-order valence-corrected chi connectivity index (χ3v) is 6.16. The van der Waals surface area contributed by atoms with Crippen molar-refractivity contribution < 1.29 is 32.2 Å².